The van der Waals surface area contributed by atoms with E-state index in [1.54, 1.807) is 0 Å². The molecule has 2 unspecified atom stereocenters. The Morgan fingerprint density at radius 2 is 2.05 bits per heavy atom. The first-order valence-corrected chi connectivity index (χ1v) is 7.40. The van der Waals surface area contributed by atoms with Gasteiger partial charge in [-0.2, -0.15) is 0 Å². The number of rotatable bonds is 4. The number of nitrogens with one attached hydrogen (secondary N) is 2. The van der Waals surface area contributed by atoms with Crippen molar-refractivity contribution in [3.8, 4) is 0 Å². The first-order valence-electron chi connectivity index (χ1n) is 7.40. The van der Waals surface area contributed by atoms with Crippen LogP contribution < -0.4 is 10.6 Å². The van der Waals surface area contributed by atoms with Gasteiger partial charge >= 0.3 is 0 Å². The van der Waals surface area contributed by atoms with E-state index in [0.717, 1.165) is 30.0 Å². The van der Waals surface area contributed by atoms with Crippen LogP contribution in [0, 0.1) is 5.92 Å². The predicted octanol–water partition coefficient (Wildman–Crippen LogP) is 3.18. The smallest absolute Gasteiger partial charge is 0.251 e. The Morgan fingerprint density at radius 1 is 1.21 bits per heavy atom. The van der Waals surface area contributed by atoms with E-state index in [0.29, 0.717) is 12.1 Å². The number of carbonyl (C=O) groups excluding carboxylic acids is 1. The fraction of sp³-hybridized carbons (Fsp3) is 0.562. The minimum atomic E-state index is 0.0608. The molecule has 2 aliphatic carbocycles. The highest BCUT2D eigenvalue weighted by molar-refractivity contribution is 5.95. The molecule has 0 spiro atoms. The van der Waals surface area contributed by atoms with E-state index >= 15 is 0 Å². The second-order valence-electron chi connectivity index (χ2n) is 5.99. The Balaban J connectivity index is 1.66. The van der Waals surface area contributed by atoms with Crippen LogP contribution in [0.3, 0.4) is 0 Å². The number of hydrogen-bond acceptors (Lipinski definition) is 2. The van der Waals surface area contributed by atoms with E-state index in [1.807, 2.05) is 18.2 Å². The summed E-state index contributed by atoms with van der Waals surface area (Å²) in [6, 6.07) is 8.85. The van der Waals surface area contributed by atoms with E-state index in [2.05, 4.69) is 23.6 Å². The summed E-state index contributed by atoms with van der Waals surface area (Å²) in [6.45, 7) is 2.30. The topological polar surface area (TPSA) is 41.1 Å². The summed E-state index contributed by atoms with van der Waals surface area (Å²) in [5.41, 5.74) is 1.84. The van der Waals surface area contributed by atoms with Gasteiger partial charge in [0, 0.05) is 23.3 Å². The van der Waals surface area contributed by atoms with Gasteiger partial charge in [-0.3, -0.25) is 4.79 Å². The van der Waals surface area contributed by atoms with Crippen molar-refractivity contribution in [3.05, 3.63) is 29.8 Å². The van der Waals surface area contributed by atoms with Gasteiger partial charge in [0.25, 0.3) is 5.91 Å². The lowest BCUT2D eigenvalue weighted by Gasteiger charge is -2.19. The SMILES string of the molecule is CC1CCCC1Nc1cccc(C(=O)NC2CC2)c1. The van der Waals surface area contributed by atoms with Crippen molar-refractivity contribution in [2.24, 2.45) is 5.92 Å². The van der Waals surface area contributed by atoms with Crippen LogP contribution in [0.4, 0.5) is 5.69 Å². The Bertz CT molecular complexity index is 468. The number of hydrogen-bond donors (Lipinski definition) is 2. The highest BCUT2D eigenvalue weighted by Crippen LogP contribution is 2.28. The standard InChI is InChI=1S/C16H22N2O/c1-11-4-2-7-15(11)17-14-6-3-5-12(10-14)16(19)18-13-8-9-13/h3,5-6,10-11,13,15,17H,2,4,7-9H2,1H3,(H,18,19). The van der Waals surface area contributed by atoms with Crippen molar-refractivity contribution in [2.75, 3.05) is 5.32 Å². The van der Waals surface area contributed by atoms with Crippen molar-refractivity contribution in [1.82, 2.24) is 5.32 Å². The van der Waals surface area contributed by atoms with Crippen LogP contribution in [0.5, 0.6) is 0 Å². The maximum absolute atomic E-state index is 12.0. The van der Waals surface area contributed by atoms with Gasteiger partial charge in [-0.15, -0.1) is 0 Å². The number of carbonyl (C=O) groups is 1. The van der Waals surface area contributed by atoms with Crippen molar-refractivity contribution in [2.45, 2.75) is 51.1 Å². The monoisotopic (exact) mass is 258 g/mol. The molecule has 0 aliphatic heterocycles. The summed E-state index contributed by atoms with van der Waals surface area (Å²) in [5, 5.41) is 6.61. The lowest BCUT2D eigenvalue weighted by Crippen LogP contribution is -2.26. The molecule has 102 valence electrons. The quantitative estimate of drug-likeness (QED) is 0.871. The third kappa shape index (κ3) is 3.09. The maximum atomic E-state index is 12.0. The molecule has 1 aromatic rings. The number of anilines is 1. The molecule has 3 rings (SSSR count). The molecular weight excluding hydrogens is 236 g/mol. The van der Waals surface area contributed by atoms with Gasteiger partial charge in [-0.1, -0.05) is 19.4 Å². The zero-order valence-electron chi connectivity index (χ0n) is 11.5. The fourth-order valence-corrected chi connectivity index (χ4v) is 2.82. The third-order valence-electron chi connectivity index (χ3n) is 4.25. The molecule has 3 heteroatoms. The van der Waals surface area contributed by atoms with Gasteiger partial charge in [0.15, 0.2) is 0 Å². The van der Waals surface area contributed by atoms with Gasteiger partial charge in [-0.25, -0.2) is 0 Å². The average Bonchev–Trinajstić information content (AvgIpc) is 3.13. The van der Waals surface area contributed by atoms with Crippen molar-refractivity contribution < 1.29 is 4.79 Å². The van der Waals surface area contributed by atoms with Crippen molar-refractivity contribution >= 4 is 11.6 Å². The second kappa shape index (κ2) is 5.24. The molecule has 0 heterocycles. The van der Waals surface area contributed by atoms with Gasteiger partial charge in [0.1, 0.15) is 0 Å². The molecule has 1 amide bonds. The summed E-state index contributed by atoms with van der Waals surface area (Å²) < 4.78 is 0. The van der Waals surface area contributed by atoms with Crippen molar-refractivity contribution in [3.63, 3.8) is 0 Å². The molecule has 0 saturated heterocycles. The Labute approximate surface area is 114 Å². The Morgan fingerprint density at radius 3 is 2.74 bits per heavy atom. The highest BCUT2D eigenvalue weighted by Gasteiger charge is 2.25. The molecule has 2 aliphatic rings. The summed E-state index contributed by atoms with van der Waals surface area (Å²) in [7, 11) is 0. The van der Waals surface area contributed by atoms with E-state index in [4.69, 9.17) is 0 Å². The van der Waals surface area contributed by atoms with Crippen LogP contribution in [0.15, 0.2) is 24.3 Å². The van der Waals surface area contributed by atoms with Crippen LogP contribution in [0.1, 0.15) is 49.4 Å². The summed E-state index contributed by atoms with van der Waals surface area (Å²) >= 11 is 0. The van der Waals surface area contributed by atoms with Crippen LogP contribution >= 0.6 is 0 Å². The second-order valence-corrected chi connectivity index (χ2v) is 5.99. The molecule has 3 nitrogen and oxygen atoms in total. The van der Waals surface area contributed by atoms with E-state index in [9.17, 15) is 4.79 Å². The third-order valence-corrected chi connectivity index (χ3v) is 4.25. The highest BCUT2D eigenvalue weighted by atomic mass is 16.1. The van der Waals surface area contributed by atoms with Crippen LogP contribution in [0.25, 0.3) is 0 Å². The number of amides is 1. The van der Waals surface area contributed by atoms with Gasteiger partial charge in [0.2, 0.25) is 0 Å². The first kappa shape index (κ1) is 12.5. The molecule has 0 aromatic heterocycles. The average molecular weight is 258 g/mol. The molecule has 2 atom stereocenters. The summed E-state index contributed by atoms with van der Waals surface area (Å²) in [6.07, 6.45) is 6.10. The van der Waals surface area contributed by atoms with Crippen LogP contribution in [-0.4, -0.2) is 18.0 Å². The molecule has 2 N–H and O–H groups in total. The van der Waals surface area contributed by atoms with E-state index < -0.39 is 0 Å². The van der Waals surface area contributed by atoms with Crippen LogP contribution in [0.2, 0.25) is 0 Å². The minimum Gasteiger partial charge on any atom is -0.382 e. The summed E-state index contributed by atoms with van der Waals surface area (Å²) in [4.78, 5) is 12.0. The molecule has 0 radical (unpaired) electrons. The molecular formula is C16H22N2O. The Hall–Kier alpha value is -1.51. The van der Waals surface area contributed by atoms with E-state index in [1.165, 1.54) is 19.3 Å². The minimum absolute atomic E-state index is 0.0608. The number of benzene rings is 1. The maximum Gasteiger partial charge on any atom is 0.251 e. The van der Waals surface area contributed by atoms with Crippen molar-refractivity contribution in [1.29, 1.82) is 0 Å². The van der Waals surface area contributed by atoms with Crippen LogP contribution in [-0.2, 0) is 0 Å². The van der Waals surface area contributed by atoms with E-state index in [-0.39, 0.29) is 5.91 Å². The lowest BCUT2D eigenvalue weighted by molar-refractivity contribution is 0.0951. The summed E-state index contributed by atoms with van der Waals surface area (Å²) in [5.74, 6) is 0.787. The first-order chi connectivity index (χ1) is 9.22. The van der Waals surface area contributed by atoms with Gasteiger partial charge in [0.05, 0.1) is 0 Å². The zero-order valence-corrected chi connectivity index (χ0v) is 11.5. The lowest BCUT2D eigenvalue weighted by atomic mass is 10.1. The van der Waals surface area contributed by atoms with Gasteiger partial charge in [-0.05, 0) is 49.8 Å². The Kier molecular flexibility index (Phi) is 3.45. The molecule has 1 aromatic carbocycles. The molecule has 19 heavy (non-hydrogen) atoms. The zero-order chi connectivity index (χ0) is 13.2. The molecule has 2 fully saturated rings. The molecule has 0 bridgehead atoms. The molecule has 2 saturated carbocycles. The normalized spacial score (nSPS) is 26.2. The van der Waals surface area contributed by atoms with Gasteiger partial charge < -0.3 is 10.6 Å². The fourth-order valence-electron chi connectivity index (χ4n) is 2.82. The largest absolute Gasteiger partial charge is 0.382 e. The predicted molar refractivity (Wildman–Crippen MR) is 77.4 cm³/mol.